The van der Waals surface area contributed by atoms with Crippen LogP contribution in [-0.4, -0.2) is 29.2 Å². The van der Waals surface area contributed by atoms with Crippen LogP contribution in [0.4, 0.5) is 4.79 Å². The van der Waals surface area contributed by atoms with Gasteiger partial charge in [-0.2, -0.15) is 0 Å². The van der Waals surface area contributed by atoms with E-state index in [1.54, 1.807) is 0 Å². The molecule has 0 aliphatic heterocycles. The number of urea groups is 1. The van der Waals surface area contributed by atoms with E-state index in [2.05, 4.69) is 10.6 Å². The van der Waals surface area contributed by atoms with Gasteiger partial charge in [0.1, 0.15) is 6.04 Å². The summed E-state index contributed by atoms with van der Waals surface area (Å²) in [5, 5.41) is 13.6. The third-order valence-electron chi connectivity index (χ3n) is 2.57. The van der Waals surface area contributed by atoms with Gasteiger partial charge in [0.15, 0.2) is 0 Å². The Morgan fingerprint density at radius 1 is 1.20 bits per heavy atom. The van der Waals surface area contributed by atoms with Gasteiger partial charge < -0.3 is 15.7 Å². The normalized spacial score (nSPS) is 16.3. The summed E-state index contributed by atoms with van der Waals surface area (Å²) in [5.74, 6) is -0.669. The van der Waals surface area contributed by atoms with Crippen LogP contribution in [0.5, 0.6) is 0 Å². The van der Waals surface area contributed by atoms with Gasteiger partial charge in [0.05, 0.1) is 0 Å². The minimum atomic E-state index is -1.04. The molecule has 0 saturated carbocycles. The van der Waals surface area contributed by atoms with Crippen molar-refractivity contribution in [2.24, 2.45) is 5.92 Å². The molecule has 0 radical (unpaired) electrons. The summed E-state index contributed by atoms with van der Waals surface area (Å²) >= 11 is 0. The molecule has 5 heteroatoms. The van der Waals surface area contributed by atoms with Crippen molar-refractivity contribution in [1.29, 1.82) is 0 Å². The average Bonchev–Trinajstić information content (AvgIpc) is 2.15. The van der Waals surface area contributed by atoms with Crippen LogP contribution in [0.1, 0.15) is 34.1 Å². The summed E-state index contributed by atoms with van der Waals surface area (Å²) in [7, 11) is 0. The summed E-state index contributed by atoms with van der Waals surface area (Å²) in [6.45, 7) is 7.40. The minimum Gasteiger partial charge on any atom is -0.480 e. The lowest BCUT2D eigenvalue weighted by Gasteiger charge is -2.20. The lowest BCUT2D eigenvalue weighted by Crippen LogP contribution is -2.48. The number of hydrogen-bond acceptors (Lipinski definition) is 2. The predicted octanol–water partition coefficient (Wildman–Crippen LogP) is 1.19. The van der Waals surface area contributed by atoms with E-state index in [1.807, 2.05) is 20.8 Å². The Morgan fingerprint density at radius 2 is 1.73 bits per heavy atom. The molecule has 3 N–H and O–H groups in total. The van der Waals surface area contributed by atoms with Gasteiger partial charge in [-0.25, -0.2) is 4.79 Å². The van der Waals surface area contributed by atoms with Crippen molar-refractivity contribution in [2.45, 2.75) is 46.2 Å². The van der Waals surface area contributed by atoms with Gasteiger partial charge in [-0.3, -0.25) is 4.79 Å². The maximum absolute atomic E-state index is 11.3. The van der Waals surface area contributed by atoms with E-state index >= 15 is 0 Å². The van der Waals surface area contributed by atoms with Gasteiger partial charge in [-0.15, -0.1) is 0 Å². The summed E-state index contributed by atoms with van der Waals surface area (Å²) in [5.41, 5.74) is 0. The Kier molecular flexibility index (Phi) is 5.74. The van der Waals surface area contributed by atoms with Gasteiger partial charge in [0.2, 0.25) is 0 Å². The molecule has 15 heavy (non-hydrogen) atoms. The maximum atomic E-state index is 11.3. The summed E-state index contributed by atoms with van der Waals surface area (Å²) in [6, 6.07) is -1.26. The summed E-state index contributed by atoms with van der Waals surface area (Å²) in [6.07, 6.45) is 0.968. The molecule has 2 unspecified atom stereocenters. The Hall–Kier alpha value is -1.26. The standard InChI is InChI=1S/C10H20N2O3/c1-5-6(2)7(3)11-10(15)12-8(4)9(13)14/h6-8H,5H2,1-4H3,(H,13,14)(H2,11,12,15)/t6?,7?,8-/m0/s1. The number of carbonyl (C=O) groups excluding carboxylic acids is 1. The predicted molar refractivity (Wildman–Crippen MR) is 57.7 cm³/mol. The molecule has 5 nitrogen and oxygen atoms in total. The van der Waals surface area contributed by atoms with Crippen molar-refractivity contribution in [2.75, 3.05) is 0 Å². The van der Waals surface area contributed by atoms with Gasteiger partial charge in [0.25, 0.3) is 0 Å². The van der Waals surface area contributed by atoms with E-state index in [0.29, 0.717) is 5.92 Å². The fraction of sp³-hybridized carbons (Fsp3) is 0.800. The first-order chi connectivity index (χ1) is 6.88. The Morgan fingerprint density at radius 3 is 2.13 bits per heavy atom. The Bertz CT molecular complexity index is 231. The van der Waals surface area contributed by atoms with Crippen LogP contribution in [0.2, 0.25) is 0 Å². The largest absolute Gasteiger partial charge is 0.480 e. The third-order valence-corrected chi connectivity index (χ3v) is 2.57. The number of carboxylic acid groups (broad SMARTS) is 1. The van der Waals surface area contributed by atoms with Crippen molar-refractivity contribution < 1.29 is 14.7 Å². The van der Waals surface area contributed by atoms with Gasteiger partial charge in [-0.1, -0.05) is 20.3 Å². The first-order valence-electron chi connectivity index (χ1n) is 5.18. The first kappa shape index (κ1) is 13.7. The van der Waals surface area contributed by atoms with Crippen LogP contribution in [0.3, 0.4) is 0 Å². The monoisotopic (exact) mass is 216 g/mol. The molecule has 0 aliphatic carbocycles. The number of carboxylic acids is 1. The molecule has 0 bridgehead atoms. The van der Waals surface area contributed by atoms with E-state index in [0.717, 1.165) is 6.42 Å². The summed E-state index contributed by atoms with van der Waals surface area (Å²) in [4.78, 5) is 21.8. The molecule has 0 aliphatic rings. The second-order valence-corrected chi connectivity index (χ2v) is 3.85. The molecule has 0 aromatic rings. The number of aliphatic carboxylic acids is 1. The SMILES string of the molecule is CCC(C)C(C)NC(=O)N[C@@H](C)C(=O)O. The van der Waals surface area contributed by atoms with Gasteiger partial charge in [-0.05, 0) is 19.8 Å². The number of carbonyl (C=O) groups is 2. The molecular weight excluding hydrogens is 196 g/mol. The second-order valence-electron chi connectivity index (χ2n) is 3.85. The van der Waals surface area contributed by atoms with E-state index in [1.165, 1.54) is 6.92 Å². The highest BCUT2D eigenvalue weighted by molar-refractivity contribution is 5.82. The lowest BCUT2D eigenvalue weighted by molar-refractivity contribution is -0.138. The van der Waals surface area contributed by atoms with Crippen LogP contribution in [0, 0.1) is 5.92 Å². The molecule has 0 heterocycles. The van der Waals surface area contributed by atoms with Crippen LogP contribution < -0.4 is 10.6 Å². The van der Waals surface area contributed by atoms with Gasteiger partial charge >= 0.3 is 12.0 Å². The Balaban J connectivity index is 3.98. The van der Waals surface area contributed by atoms with E-state index in [4.69, 9.17) is 5.11 Å². The first-order valence-corrected chi connectivity index (χ1v) is 5.18. The molecule has 3 atom stereocenters. The molecule has 0 spiro atoms. The zero-order valence-electron chi connectivity index (χ0n) is 9.70. The molecule has 0 aromatic heterocycles. The summed E-state index contributed by atoms with van der Waals surface area (Å²) < 4.78 is 0. The highest BCUT2D eigenvalue weighted by Gasteiger charge is 2.17. The molecule has 0 saturated heterocycles. The highest BCUT2D eigenvalue weighted by atomic mass is 16.4. The second kappa shape index (κ2) is 6.27. The van der Waals surface area contributed by atoms with Crippen molar-refractivity contribution in [3.05, 3.63) is 0 Å². The number of hydrogen-bond donors (Lipinski definition) is 3. The quantitative estimate of drug-likeness (QED) is 0.646. The highest BCUT2D eigenvalue weighted by Crippen LogP contribution is 2.06. The van der Waals surface area contributed by atoms with E-state index in [-0.39, 0.29) is 6.04 Å². The molecule has 0 rings (SSSR count). The van der Waals surface area contributed by atoms with Crippen molar-refractivity contribution in [1.82, 2.24) is 10.6 Å². The number of rotatable bonds is 5. The molecular formula is C10H20N2O3. The average molecular weight is 216 g/mol. The molecule has 2 amide bonds. The number of amides is 2. The van der Waals surface area contributed by atoms with Crippen molar-refractivity contribution in [3.8, 4) is 0 Å². The van der Waals surface area contributed by atoms with Crippen LogP contribution in [-0.2, 0) is 4.79 Å². The third kappa shape index (κ3) is 5.24. The molecule has 0 aromatic carbocycles. The number of nitrogens with one attached hydrogen (secondary N) is 2. The fourth-order valence-electron chi connectivity index (χ4n) is 1.00. The Labute approximate surface area is 90.2 Å². The van der Waals surface area contributed by atoms with Crippen LogP contribution in [0.15, 0.2) is 0 Å². The fourth-order valence-corrected chi connectivity index (χ4v) is 1.00. The minimum absolute atomic E-state index is 0.0380. The maximum Gasteiger partial charge on any atom is 0.325 e. The topological polar surface area (TPSA) is 78.4 Å². The van der Waals surface area contributed by atoms with Crippen molar-refractivity contribution in [3.63, 3.8) is 0 Å². The smallest absolute Gasteiger partial charge is 0.325 e. The van der Waals surface area contributed by atoms with Crippen LogP contribution in [0.25, 0.3) is 0 Å². The van der Waals surface area contributed by atoms with Crippen LogP contribution >= 0.6 is 0 Å². The zero-order valence-corrected chi connectivity index (χ0v) is 9.70. The van der Waals surface area contributed by atoms with Gasteiger partial charge in [0, 0.05) is 6.04 Å². The molecule has 0 fully saturated rings. The van der Waals surface area contributed by atoms with Crippen molar-refractivity contribution >= 4 is 12.0 Å². The van der Waals surface area contributed by atoms with E-state index < -0.39 is 18.0 Å². The van der Waals surface area contributed by atoms with E-state index in [9.17, 15) is 9.59 Å². The molecule has 88 valence electrons. The lowest BCUT2D eigenvalue weighted by atomic mass is 10.0. The zero-order chi connectivity index (χ0) is 12.0.